The van der Waals surface area contributed by atoms with Crippen LogP contribution in [0, 0.1) is 0 Å². The van der Waals surface area contributed by atoms with Gasteiger partial charge in [0.15, 0.2) is 11.5 Å². The fourth-order valence-electron chi connectivity index (χ4n) is 2.35. The zero-order valence-corrected chi connectivity index (χ0v) is 13.9. The summed E-state index contributed by atoms with van der Waals surface area (Å²) < 4.78 is 11.4. The second kappa shape index (κ2) is 9.16. The Balaban J connectivity index is 2.00. The summed E-state index contributed by atoms with van der Waals surface area (Å²) in [5.41, 5.74) is 1.97. The molecule has 0 radical (unpaired) electrons. The third kappa shape index (κ3) is 5.25. The van der Waals surface area contributed by atoms with Gasteiger partial charge in [0.1, 0.15) is 0 Å². The summed E-state index contributed by atoms with van der Waals surface area (Å²) in [7, 11) is 0. The third-order valence-corrected chi connectivity index (χ3v) is 3.55. The molecular formula is C19H25NO3. The molecule has 0 aliphatic heterocycles. The van der Waals surface area contributed by atoms with Gasteiger partial charge in [0.2, 0.25) is 0 Å². The number of benzene rings is 1. The lowest BCUT2D eigenvalue weighted by molar-refractivity contribution is 0.167. The molecule has 4 nitrogen and oxygen atoms in total. The quantitative estimate of drug-likeness (QED) is 0.761. The van der Waals surface area contributed by atoms with Gasteiger partial charge in [-0.25, -0.2) is 0 Å². The highest BCUT2D eigenvalue weighted by molar-refractivity contribution is 5.43. The Labute approximate surface area is 138 Å². The van der Waals surface area contributed by atoms with Gasteiger partial charge in [-0.15, -0.1) is 0 Å². The number of hydrogen-bond donors (Lipinski definition) is 1. The Bertz CT molecular complexity index is 586. The Morgan fingerprint density at radius 3 is 2.70 bits per heavy atom. The molecule has 4 heteroatoms. The molecule has 0 bridgehead atoms. The molecule has 0 amide bonds. The van der Waals surface area contributed by atoms with E-state index in [-0.39, 0.29) is 0 Å². The van der Waals surface area contributed by atoms with Crippen molar-refractivity contribution in [2.75, 3.05) is 13.2 Å². The minimum Gasteiger partial charge on any atom is -0.490 e. The smallest absolute Gasteiger partial charge is 0.161 e. The minimum atomic E-state index is -0.504. The third-order valence-electron chi connectivity index (χ3n) is 3.55. The van der Waals surface area contributed by atoms with Gasteiger partial charge in [0.25, 0.3) is 0 Å². The van der Waals surface area contributed by atoms with Gasteiger partial charge in [0.05, 0.1) is 19.3 Å². The minimum absolute atomic E-state index is 0.504. The molecule has 2 aromatic rings. The molecule has 0 spiro atoms. The van der Waals surface area contributed by atoms with E-state index >= 15 is 0 Å². The van der Waals surface area contributed by atoms with Crippen LogP contribution < -0.4 is 9.47 Å². The first-order chi connectivity index (χ1) is 11.2. The molecule has 1 unspecified atom stereocenters. The summed E-state index contributed by atoms with van der Waals surface area (Å²) in [6, 6.07) is 9.72. The molecule has 0 aliphatic rings. The molecule has 0 fully saturated rings. The average molecular weight is 315 g/mol. The van der Waals surface area contributed by atoms with Crippen molar-refractivity contribution in [1.82, 2.24) is 4.98 Å². The highest BCUT2D eigenvalue weighted by atomic mass is 16.5. The second-order valence-corrected chi connectivity index (χ2v) is 5.40. The fraction of sp³-hybridized carbons (Fsp3) is 0.421. The molecule has 1 aromatic heterocycles. The van der Waals surface area contributed by atoms with E-state index in [1.54, 1.807) is 12.4 Å². The number of nitrogens with zero attached hydrogens (tertiary/aromatic N) is 1. The molecule has 1 heterocycles. The number of ether oxygens (including phenoxy) is 2. The summed E-state index contributed by atoms with van der Waals surface area (Å²) in [4.78, 5) is 4.04. The van der Waals surface area contributed by atoms with Crippen molar-refractivity contribution in [1.29, 1.82) is 0 Å². The van der Waals surface area contributed by atoms with Gasteiger partial charge in [0, 0.05) is 12.4 Å². The first kappa shape index (κ1) is 17.3. The van der Waals surface area contributed by atoms with Crippen molar-refractivity contribution < 1.29 is 14.6 Å². The predicted molar refractivity (Wildman–Crippen MR) is 90.9 cm³/mol. The molecule has 0 aliphatic carbocycles. The number of hydrogen-bond acceptors (Lipinski definition) is 4. The van der Waals surface area contributed by atoms with Crippen LogP contribution >= 0.6 is 0 Å². The van der Waals surface area contributed by atoms with E-state index in [2.05, 4.69) is 11.9 Å². The molecule has 23 heavy (non-hydrogen) atoms. The number of pyridine rings is 1. The largest absolute Gasteiger partial charge is 0.490 e. The number of aliphatic hydroxyl groups excluding tert-OH is 1. The zero-order valence-electron chi connectivity index (χ0n) is 13.9. The molecule has 1 aromatic carbocycles. The van der Waals surface area contributed by atoms with Gasteiger partial charge >= 0.3 is 0 Å². The Hall–Kier alpha value is -2.07. The van der Waals surface area contributed by atoms with Crippen LogP contribution in [0.25, 0.3) is 0 Å². The van der Waals surface area contributed by atoms with Crippen LogP contribution in [0.3, 0.4) is 0 Å². The first-order valence-electron chi connectivity index (χ1n) is 8.21. The summed E-state index contributed by atoms with van der Waals surface area (Å²) >= 11 is 0. The molecule has 124 valence electrons. The number of aromatic nitrogens is 1. The predicted octanol–water partition coefficient (Wildman–Crippen LogP) is 3.94. The number of aryl methyl sites for hydroxylation is 1. The van der Waals surface area contributed by atoms with Gasteiger partial charge in [-0.3, -0.25) is 4.98 Å². The van der Waals surface area contributed by atoms with E-state index in [0.717, 1.165) is 35.5 Å². The molecule has 1 atom stereocenters. The van der Waals surface area contributed by atoms with Crippen molar-refractivity contribution in [3.63, 3.8) is 0 Å². The van der Waals surface area contributed by atoms with Crippen LogP contribution in [-0.4, -0.2) is 23.3 Å². The van der Waals surface area contributed by atoms with Crippen LogP contribution in [0.1, 0.15) is 43.9 Å². The van der Waals surface area contributed by atoms with Crippen LogP contribution in [-0.2, 0) is 6.42 Å². The Kier molecular flexibility index (Phi) is 6.88. The van der Waals surface area contributed by atoms with Gasteiger partial charge in [-0.1, -0.05) is 19.1 Å². The lowest BCUT2D eigenvalue weighted by Gasteiger charge is -2.14. The van der Waals surface area contributed by atoms with Crippen molar-refractivity contribution in [3.8, 4) is 11.5 Å². The number of rotatable bonds is 9. The maximum atomic E-state index is 10.2. The normalized spacial score (nSPS) is 12.0. The van der Waals surface area contributed by atoms with Crippen molar-refractivity contribution >= 4 is 0 Å². The summed E-state index contributed by atoms with van der Waals surface area (Å²) in [6.45, 7) is 5.32. The fourth-order valence-corrected chi connectivity index (χ4v) is 2.35. The monoisotopic (exact) mass is 315 g/mol. The maximum Gasteiger partial charge on any atom is 0.161 e. The highest BCUT2D eigenvalue weighted by Gasteiger charge is 2.10. The summed E-state index contributed by atoms with van der Waals surface area (Å²) in [6.07, 6.45) is 5.29. The lowest BCUT2D eigenvalue weighted by atomic mass is 10.0. The average Bonchev–Trinajstić information content (AvgIpc) is 2.60. The topological polar surface area (TPSA) is 51.6 Å². The Morgan fingerprint density at radius 1 is 1.13 bits per heavy atom. The van der Waals surface area contributed by atoms with E-state index in [4.69, 9.17) is 9.47 Å². The lowest BCUT2D eigenvalue weighted by Crippen LogP contribution is -2.02. The van der Waals surface area contributed by atoms with E-state index in [9.17, 15) is 5.11 Å². The van der Waals surface area contributed by atoms with E-state index < -0.39 is 6.10 Å². The van der Waals surface area contributed by atoms with Crippen LogP contribution in [0.2, 0.25) is 0 Å². The second-order valence-electron chi connectivity index (χ2n) is 5.40. The summed E-state index contributed by atoms with van der Waals surface area (Å²) in [5, 5.41) is 10.2. The van der Waals surface area contributed by atoms with Crippen LogP contribution in [0.4, 0.5) is 0 Å². The Morgan fingerprint density at radius 2 is 2.00 bits per heavy atom. The van der Waals surface area contributed by atoms with E-state index in [0.29, 0.717) is 19.6 Å². The van der Waals surface area contributed by atoms with Crippen molar-refractivity contribution in [3.05, 3.63) is 53.9 Å². The van der Waals surface area contributed by atoms with Crippen molar-refractivity contribution in [2.24, 2.45) is 0 Å². The first-order valence-corrected chi connectivity index (χ1v) is 8.21. The SMILES string of the molecule is CCCOc1ccc(CCC(O)c2cccnc2)cc1OCC. The van der Waals surface area contributed by atoms with E-state index in [1.807, 2.05) is 37.3 Å². The molecule has 1 N–H and O–H groups in total. The van der Waals surface area contributed by atoms with Crippen LogP contribution in [0.5, 0.6) is 11.5 Å². The standard InChI is InChI=1S/C19H25NO3/c1-3-12-23-18-10-8-15(13-19(18)22-4-2)7-9-17(21)16-6-5-11-20-14-16/h5-6,8,10-11,13-14,17,21H,3-4,7,9,12H2,1-2H3. The summed E-state index contributed by atoms with van der Waals surface area (Å²) in [5.74, 6) is 1.56. The molecule has 2 rings (SSSR count). The molecular weight excluding hydrogens is 290 g/mol. The molecule has 0 saturated carbocycles. The molecule has 0 saturated heterocycles. The number of aliphatic hydroxyl groups is 1. The van der Waals surface area contributed by atoms with Crippen molar-refractivity contribution in [2.45, 2.75) is 39.2 Å². The zero-order chi connectivity index (χ0) is 16.5. The van der Waals surface area contributed by atoms with Crippen LogP contribution in [0.15, 0.2) is 42.7 Å². The van der Waals surface area contributed by atoms with Gasteiger partial charge < -0.3 is 14.6 Å². The van der Waals surface area contributed by atoms with E-state index in [1.165, 1.54) is 0 Å². The highest BCUT2D eigenvalue weighted by Crippen LogP contribution is 2.30. The van der Waals surface area contributed by atoms with Gasteiger partial charge in [-0.2, -0.15) is 0 Å². The maximum absolute atomic E-state index is 10.2. The van der Waals surface area contributed by atoms with Gasteiger partial charge in [-0.05, 0) is 55.5 Å².